The molecule has 0 saturated carbocycles. The molecule has 2 saturated heterocycles. The van der Waals surface area contributed by atoms with E-state index in [1.54, 1.807) is 0 Å². The monoisotopic (exact) mass is 252 g/mol. The van der Waals surface area contributed by atoms with Gasteiger partial charge in [-0.15, -0.1) is 0 Å². The molecule has 1 amide bonds. The van der Waals surface area contributed by atoms with Crippen molar-refractivity contribution in [3.05, 3.63) is 0 Å². The highest BCUT2D eigenvalue weighted by Gasteiger charge is 2.30. The third kappa shape index (κ3) is 3.71. The molecule has 2 heterocycles. The van der Waals surface area contributed by atoms with Crippen LogP contribution in [0.15, 0.2) is 0 Å². The van der Waals surface area contributed by atoms with Gasteiger partial charge in [0, 0.05) is 32.1 Å². The van der Waals surface area contributed by atoms with Crippen molar-refractivity contribution in [3.8, 4) is 0 Å². The second kappa shape index (κ2) is 7.13. The lowest BCUT2D eigenvalue weighted by Gasteiger charge is -2.36. The number of carbonyl (C=O) groups is 1. The molecule has 2 aliphatic heterocycles. The molecule has 0 aromatic rings. The number of carbonyl (C=O) groups excluding carboxylic acids is 1. The van der Waals surface area contributed by atoms with Crippen LogP contribution in [-0.4, -0.2) is 47.9 Å². The van der Waals surface area contributed by atoms with E-state index in [9.17, 15) is 4.79 Å². The van der Waals surface area contributed by atoms with E-state index >= 15 is 0 Å². The van der Waals surface area contributed by atoms with Gasteiger partial charge in [0.15, 0.2) is 0 Å². The summed E-state index contributed by atoms with van der Waals surface area (Å²) in [6, 6.07) is 0.548. The van der Waals surface area contributed by atoms with Crippen LogP contribution in [0.1, 0.15) is 58.3 Å². The molecule has 0 radical (unpaired) electrons. The van der Waals surface area contributed by atoms with E-state index in [0.717, 1.165) is 19.4 Å². The van der Waals surface area contributed by atoms with Crippen LogP contribution in [0.3, 0.4) is 0 Å². The van der Waals surface area contributed by atoms with E-state index in [1.807, 2.05) is 0 Å². The van der Waals surface area contributed by atoms with Crippen LogP contribution < -0.4 is 0 Å². The second-order valence-corrected chi connectivity index (χ2v) is 5.82. The number of hydrogen-bond acceptors (Lipinski definition) is 2. The zero-order valence-electron chi connectivity index (χ0n) is 11.9. The van der Waals surface area contributed by atoms with Crippen LogP contribution in [0.25, 0.3) is 0 Å². The fraction of sp³-hybridized carbons (Fsp3) is 0.933. The average molecular weight is 252 g/mol. The highest BCUT2D eigenvalue weighted by Crippen LogP contribution is 2.22. The summed E-state index contributed by atoms with van der Waals surface area (Å²) in [6.07, 6.45) is 9.67. The number of unbranched alkanes of at least 4 members (excludes halogenated alkanes) is 3. The number of hydrogen-bond donors (Lipinski definition) is 0. The van der Waals surface area contributed by atoms with Crippen molar-refractivity contribution in [2.24, 2.45) is 0 Å². The Morgan fingerprint density at radius 2 is 1.89 bits per heavy atom. The summed E-state index contributed by atoms with van der Waals surface area (Å²) in [6.45, 7) is 6.93. The third-order valence-electron chi connectivity index (χ3n) is 4.44. The molecule has 3 nitrogen and oxygen atoms in total. The van der Waals surface area contributed by atoms with Crippen LogP contribution in [-0.2, 0) is 4.79 Å². The zero-order chi connectivity index (χ0) is 12.8. The fourth-order valence-corrected chi connectivity index (χ4v) is 3.27. The zero-order valence-corrected chi connectivity index (χ0v) is 11.9. The normalized spacial score (nSPS) is 22.9. The summed E-state index contributed by atoms with van der Waals surface area (Å²) in [5.41, 5.74) is 0. The molecule has 0 spiro atoms. The van der Waals surface area contributed by atoms with E-state index in [2.05, 4.69) is 16.7 Å². The number of piperidine rings is 1. The molecule has 2 fully saturated rings. The van der Waals surface area contributed by atoms with Gasteiger partial charge in [0.1, 0.15) is 0 Å². The predicted molar refractivity (Wildman–Crippen MR) is 74.6 cm³/mol. The molecule has 0 unspecified atom stereocenters. The fourth-order valence-electron chi connectivity index (χ4n) is 3.27. The van der Waals surface area contributed by atoms with Gasteiger partial charge in [-0.2, -0.15) is 0 Å². The molecule has 3 heteroatoms. The molecule has 0 bridgehead atoms. The molecular weight excluding hydrogens is 224 g/mol. The molecule has 2 aliphatic rings. The standard InChI is InChI=1S/C15H28N2O/c1-2-3-4-5-10-16-12-8-14(9-13-16)17-11-6-7-15(17)18/h14H,2-13H2,1H3. The Morgan fingerprint density at radius 1 is 1.11 bits per heavy atom. The first-order valence-electron chi connectivity index (χ1n) is 7.83. The van der Waals surface area contributed by atoms with Gasteiger partial charge >= 0.3 is 0 Å². The van der Waals surface area contributed by atoms with E-state index in [1.165, 1.54) is 58.2 Å². The first-order chi connectivity index (χ1) is 8.81. The van der Waals surface area contributed by atoms with Crippen molar-refractivity contribution in [1.82, 2.24) is 9.80 Å². The lowest BCUT2D eigenvalue weighted by atomic mass is 10.0. The molecule has 104 valence electrons. The smallest absolute Gasteiger partial charge is 0.222 e. The topological polar surface area (TPSA) is 23.6 Å². The molecule has 18 heavy (non-hydrogen) atoms. The predicted octanol–water partition coefficient (Wildman–Crippen LogP) is 2.65. The minimum absolute atomic E-state index is 0.399. The number of amides is 1. The van der Waals surface area contributed by atoms with Crippen molar-refractivity contribution in [2.75, 3.05) is 26.2 Å². The number of nitrogens with zero attached hydrogens (tertiary/aromatic N) is 2. The molecule has 0 aromatic carbocycles. The number of likely N-dealkylation sites (tertiary alicyclic amines) is 2. The Labute approximate surface area is 112 Å². The van der Waals surface area contributed by atoms with Gasteiger partial charge in [0.05, 0.1) is 0 Å². The molecule has 0 N–H and O–H groups in total. The summed E-state index contributed by atoms with van der Waals surface area (Å²) in [4.78, 5) is 16.4. The maximum absolute atomic E-state index is 11.7. The van der Waals surface area contributed by atoms with Crippen molar-refractivity contribution in [1.29, 1.82) is 0 Å². The van der Waals surface area contributed by atoms with E-state index < -0.39 is 0 Å². The maximum Gasteiger partial charge on any atom is 0.222 e. The van der Waals surface area contributed by atoms with Crippen LogP contribution >= 0.6 is 0 Å². The highest BCUT2D eigenvalue weighted by molar-refractivity contribution is 5.78. The minimum atomic E-state index is 0.399. The number of rotatable bonds is 6. The Morgan fingerprint density at radius 3 is 2.50 bits per heavy atom. The summed E-state index contributed by atoms with van der Waals surface area (Å²) < 4.78 is 0. The highest BCUT2D eigenvalue weighted by atomic mass is 16.2. The lowest BCUT2D eigenvalue weighted by Crippen LogP contribution is -2.45. The van der Waals surface area contributed by atoms with Crippen molar-refractivity contribution in [3.63, 3.8) is 0 Å². The molecule has 2 rings (SSSR count). The third-order valence-corrected chi connectivity index (χ3v) is 4.44. The van der Waals surface area contributed by atoms with Gasteiger partial charge in [-0.3, -0.25) is 4.79 Å². The Kier molecular flexibility index (Phi) is 5.48. The van der Waals surface area contributed by atoms with Gasteiger partial charge in [-0.1, -0.05) is 26.2 Å². The minimum Gasteiger partial charge on any atom is -0.340 e. The van der Waals surface area contributed by atoms with Crippen LogP contribution in [0.4, 0.5) is 0 Å². The van der Waals surface area contributed by atoms with Crippen molar-refractivity contribution in [2.45, 2.75) is 64.3 Å². The first kappa shape index (κ1) is 13.9. The molecular formula is C15H28N2O. The lowest BCUT2D eigenvalue weighted by molar-refractivity contribution is -0.130. The first-order valence-corrected chi connectivity index (χ1v) is 7.83. The van der Waals surface area contributed by atoms with E-state index in [4.69, 9.17) is 0 Å². The average Bonchev–Trinajstić information content (AvgIpc) is 2.82. The van der Waals surface area contributed by atoms with Crippen LogP contribution in [0, 0.1) is 0 Å². The van der Waals surface area contributed by atoms with Gasteiger partial charge in [0.25, 0.3) is 0 Å². The van der Waals surface area contributed by atoms with Gasteiger partial charge in [0.2, 0.25) is 5.91 Å². The molecule has 0 atom stereocenters. The summed E-state index contributed by atoms with van der Waals surface area (Å²) >= 11 is 0. The van der Waals surface area contributed by atoms with Crippen molar-refractivity contribution >= 4 is 5.91 Å². The van der Waals surface area contributed by atoms with E-state index in [-0.39, 0.29) is 0 Å². The Bertz CT molecular complexity index is 259. The molecule has 0 aromatic heterocycles. The quantitative estimate of drug-likeness (QED) is 0.679. The Hall–Kier alpha value is -0.570. The van der Waals surface area contributed by atoms with Gasteiger partial charge in [-0.05, 0) is 32.2 Å². The van der Waals surface area contributed by atoms with Crippen LogP contribution in [0.5, 0.6) is 0 Å². The second-order valence-electron chi connectivity index (χ2n) is 5.82. The maximum atomic E-state index is 11.7. The van der Waals surface area contributed by atoms with Gasteiger partial charge in [-0.25, -0.2) is 0 Å². The summed E-state index contributed by atoms with van der Waals surface area (Å²) in [5, 5.41) is 0. The SMILES string of the molecule is CCCCCCN1CCC(N2CCCC2=O)CC1. The van der Waals surface area contributed by atoms with E-state index in [0.29, 0.717) is 11.9 Å². The van der Waals surface area contributed by atoms with Crippen molar-refractivity contribution < 1.29 is 4.79 Å². The largest absolute Gasteiger partial charge is 0.340 e. The van der Waals surface area contributed by atoms with Crippen LogP contribution in [0.2, 0.25) is 0 Å². The Balaban J connectivity index is 1.63. The van der Waals surface area contributed by atoms with Gasteiger partial charge < -0.3 is 9.80 Å². The summed E-state index contributed by atoms with van der Waals surface area (Å²) in [7, 11) is 0. The molecule has 0 aliphatic carbocycles. The summed E-state index contributed by atoms with van der Waals surface area (Å²) in [5.74, 6) is 0.399.